The highest BCUT2D eigenvalue weighted by Crippen LogP contribution is 2.29. The lowest BCUT2D eigenvalue weighted by Crippen LogP contribution is -2.06. The van der Waals surface area contributed by atoms with E-state index in [-0.39, 0.29) is 6.01 Å². The minimum atomic E-state index is 0.164. The number of aryl methyl sites for hydroxylation is 1. The zero-order valence-electron chi connectivity index (χ0n) is 9.02. The topological polar surface area (TPSA) is 86.2 Å². The highest BCUT2D eigenvalue weighted by atomic mass is 16.5. The molecule has 1 aromatic heterocycles. The largest absolute Gasteiger partial charge is 0.496 e. The SMILES string of the molecule is COc1cc(C)ccc1-c1noc(NN)n1. The van der Waals surface area contributed by atoms with E-state index in [0.29, 0.717) is 11.6 Å². The predicted molar refractivity (Wildman–Crippen MR) is 58.8 cm³/mol. The third-order valence-electron chi connectivity index (χ3n) is 2.15. The van der Waals surface area contributed by atoms with Crippen LogP contribution in [0.3, 0.4) is 0 Å². The Labute approximate surface area is 92.4 Å². The van der Waals surface area contributed by atoms with Crippen molar-refractivity contribution in [1.29, 1.82) is 0 Å². The monoisotopic (exact) mass is 220 g/mol. The number of benzene rings is 1. The second-order valence-electron chi connectivity index (χ2n) is 3.27. The number of nitrogens with two attached hydrogens (primary N) is 1. The third-order valence-corrected chi connectivity index (χ3v) is 2.15. The number of nitrogens with one attached hydrogen (secondary N) is 1. The molecule has 6 heteroatoms. The number of anilines is 1. The summed E-state index contributed by atoms with van der Waals surface area (Å²) in [6.07, 6.45) is 0. The number of rotatable bonds is 3. The van der Waals surface area contributed by atoms with Crippen LogP contribution >= 0.6 is 0 Å². The van der Waals surface area contributed by atoms with Gasteiger partial charge in [0, 0.05) is 0 Å². The van der Waals surface area contributed by atoms with Gasteiger partial charge in [-0.15, -0.1) is 0 Å². The lowest BCUT2D eigenvalue weighted by molar-refractivity contribution is 0.413. The van der Waals surface area contributed by atoms with Crippen LogP contribution in [0.1, 0.15) is 5.56 Å². The third kappa shape index (κ3) is 1.82. The Morgan fingerprint density at radius 3 is 2.88 bits per heavy atom. The lowest BCUT2D eigenvalue weighted by atomic mass is 10.1. The van der Waals surface area contributed by atoms with Gasteiger partial charge in [-0.1, -0.05) is 11.2 Å². The van der Waals surface area contributed by atoms with Gasteiger partial charge in [-0.3, -0.25) is 5.43 Å². The molecule has 1 aromatic carbocycles. The molecule has 3 N–H and O–H groups in total. The summed E-state index contributed by atoms with van der Waals surface area (Å²) in [7, 11) is 1.60. The van der Waals surface area contributed by atoms with Gasteiger partial charge >= 0.3 is 6.01 Å². The normalized spacial score (nSPS) is 10.2. The quantitative estimate of drug-likeness (QED) is 0.599. The van der Waals surface area contributed by atoms with Gasteiger partial charge in [-0.2, -0.15) is 4.98 Å². The van der Waals surface area contributed by atoms with E-state index in [1.54, 1.807) is 7.11 Å². The molecule has 0 aliphatic rings. The van der Waals surface area contributed by atoms with E-state index in [0.717, 1.165) is 11.1 Å². The van der Waals surface area contributed by atoms with Crippen molar-refractivity contribution in [1.82, 2.24) is 10.1 Å². The van der Waals surface area contributed by atoms with Crippen LogP contribution in [0.15, 0.2) is 22.7 Å². The van der Waals surface area contributed by atoms with Crippen molar-refractivity contribution in [2.24, 2.45) is 5.84 Å². The smallest absolute Gasteiger partial charge is 0.335 e. The molecule has 84 valence electrons. The fourth-order valence-electron chi connectivity index (χ4n) is 1.37. The summed E-state index contributed by atoms with van der Waals surface area (Å²) in [5, 5.41) is 3.79. The average Bonchev–Trinajstić information content (AvgIpc) is 2.77. The maximum Gasteiger partial charge on any atom is 0.335 e. The second kappa shape index (κ2) is 4.19. The number of methoxy groups -OCH3 is 1. The van der Waals surface area contributed by atoms with Gasteiger partial charge < -0.3 is 9.26 Å². The Kier molecular flexibility index (Phi) is 2.74. The summed E-state index contributed by atoms with van der Waals surface area (Å²) < 4.78 is 10.1. The molecule has 0 saturated heterocycles. The van der Waals surface area contributed by atoms with Crippen molar-refractivity contribution in [3.63, 3.8) is 0 Å². The molecule has 2 aromatic rings. The molecule has 0 bridgehead atoms. The standard InChI is InChI=1S/C10H12N4O2/c1-6-3-4-7(8(5-6)15-2)9-12-10(13-11)16-14-9/h3-5H,11H2,1-2H3,(H,12,13,14). The fraction of sp³-hybridized carbons (Fsp3) is 0.200. The minimum absolute atomic E-state index is 0.164. The van der Waals surface area contributed by atoms with Crippen molar-refractivity contribution < 1.29 is 9.26 Å². The first-order valence-electron chi connectivity index (χ1n) is 4.70. The van der Waals surface area contributed by atoms with Crippen molar-refractivity contribution >= 4 is 6.01 Å². The Morgan fingerprint density at radius 1 is 1.44 bits per heavy atom. The molecule has 0 atom stereocenters. The molecule has 16 heavy (non-hydrogen) atoms. The van der Waals surface area contributed by atoms with Crippen LogP contribution in [-0.4, -0.2) is 17.3 Å². The van der Waals surface area contributed by atoms with Crippen molar-refractivity contribution in [3.05, 3.63) is 23.8 Å². The van der Waals surface area contributed by atoms with Gasteiger partial charge in [0.25, 0.3) is 0 Å². The van der Waals surface area contributed by atoms with Gasteiger partial charge in [0.1, 0.15) is 5.75 Å². The van der Waals surface area contributed by atoms with Crippen LogP contribution in [0, 0.1) is 6.92 Å². The zero-order chi connectivity index (χ0) is 11.5. The molecule has 2 rings (SSSR count). The highest BCUT2D eigenvalue weighted by Gasteiger charge is 2.12. The fourth-order valence-corrected chi connectivity index (χ4v) is 1.37. The summed E-state index contributed by atoms with van der Waals surface area (Å²) in [5.74, 6) is 6.29. The Balaban J connectivity index is 2.46. The minimum Gasteiger partial charge on any atom is -0.496 e. The predicted octanol–water partition coefficient (Wildman–Crippen LogP) is 1.34. The molecule has 6 nitrogen and oxygen atoms in total. The van der Waals surface area contributed by atoms with Gasteiger partial charge in [0.2, 0.25) is 5.82 Å². The molecule has 0 radical (unpaired) electrons. The number of hydrogen-bond acceptors (Lipinski definition) is 6. The van der Waals surface area contributed by atoms with E-state index in [9.17, 15) is 0 Å². The first-order chi connectivity index (χ1) is 7.74. The van der Waals surface area contributed by atoms with Crippen LogP contribution < -0.4 is 16.0 Å². The number of hydrazine groups is 1. The molecule has 1 heterocycles. The second-order valence-corrected chi connectivity index (χ2v) is 3.27. The molecule has 0 aliphatic carbocycles. The van der Waals surface area contributed by atoms with Crippen LogP contribution in [0.5, 0.6) is 5.75 Å². The first-order valence-corrected chi connectivity index (χ1v) is 4.70. The molecular weight excluding hydrogens is 208 g/mol. The van der Waals surface area contributed by atoms with Crippen molar-refractivity contribution in [2.45, 2.75) is 6.92 Å². The molecule has 0 amide bonds. The summed E-state index contributed by atoms with van der Waals surface area (Å²) in [5.41, 5.74) is 4.15. The van der Waals surface area contributed by atoms with Crippen LogP contribution in [0.4, 0.5) is 6.01 Å². The summed E-state index contributed by atoms with van der Waals surface area (Å²) >= 11 is 0. The van der Waals surface area contributed by atoms with Crippen LogP contribution in [-0.2, 0) is 0 Å². The van der Waals surface area contributed by atoms with Gasteiger partial charge in [0.15, 0.2) is 0 Å². The van der Waals surface area contributed by atoms with Gasteiger partial charge in [-0.25, -0.2) is 5.84 Å². The van der Waals surface area contributed by atoms with E-state index in [4.69, 9.17) is 15.1 Å². The number of ether oxygens (including phenoxy) is 1. The number of nitrogen functional groups attached to an aromatic ring is 1. The van der Waals surface area contributed by atoms with E-state index in [1.165, 1.54) is 0 Å². The van der Waals surface area contributed by atoms with E-state index >= 15 is 0 Å². The summed E-state index contributed by atoms with van der Waals surface area (Å²) in [6.45, 7) is 1.98. The molecule has 0 unspecified atom stereocenters. The average molecular weight is 220 g/mol. The maximum atomic E-state index is 5.25. The zero-order valence-corrected chi connectivity index (χ0v) is 9.02. The molecule has 0 aliphatic heterocycles. The Hall–Kier alpha value is -2.08. The highest BCUT2D eigenvalue weighted by molar-refractivity contribution is 5.65. The maximum absolute atomic E-state index is 5.25. The van der Waals surface area contributed by atoms with E-state index in [1.807, 2.05) is 25.1 Å². The molecular formula is C10H12N4O2. The summed E-state index contributed by atoms with van der Waals surface area (Å²) in [6, 6.07) is 5.89. The van der Waals surface area contributed by atoms with E-state index in [2.05, 4.69) is 15.6 Å². The van der Waals surface area contributed by atoms with Crippen LogP contribution in [0.2, 0.25) is 0 Å². The molecule has 0 fully saturated rings. The number of nitrogens with zero attached hydrogens (tertiary/aromatic N) is 2. The van der Waals surface area contributed by atoms with Gasteiger partial charge in [0.05, 0.1) is 12.7 Å². The first kappa shape index (κ1) is 10.4. The Morgan fingerprint density at radius 2 is 2.25 bits per heavy atom. The lowest BCUT2D eigenvalue weighted by Gasteiger charge is -2.05. The van der Waals surface area contributed by atoms with Crippen LogP contribution in [0.25, 0.3) is 11.4 Å². The Bertz CT molecular complexity index is 495. The molecule has 0 spiro atoms. The summed E-state index contributed by atoms with van der Waals surface area (Å²) in [4.78, 5) is 4.04. The van der Waals surface area contributed by atoms with Gasteiger partial charge in [-0.05, 0) is 24.6 Å². The van der Waals surface area contributed by atoms with Crippen molar-refractivity contribution in [2.75, 3.05) is 12.5 Å². The van der Waals surface area contributed by atoms with E-state index < -0.39 is 0 Å². The van der Waals surface area contributed by atoms with Crippen molar-refractivity contribution in [3.8, 4) is 17.1 Å². The number of hydrogen-bond donors (Lipinski definition) is 2. The number of aromatic nitrogens is 2. The molecule has 0 saturated carbocycles.